The van der Waals surface area contributed by atoms with Gasteiger partial charge in [-0.15, -0.1) is 0 Å². The molecule has 0 aromatic heterocycles. The summed E-state index contributed by atoms with van der Waals surface area (Å²) in [6.07, 6.45) is 3.03. The van der Waals surface area contributed by atoms with Gasteiger partial charge in [0.05, 0.1) is 4.90 Å². The normalized spacial score (nSPS) is 20.5. The SMILES string of the molecule is O=C1CCCN1c1ccc(S(=O)(=O)NC2CCNCC2)cc1. The highest BCUT2D eigenvalue weighted by Crippen LogP contribution is 2.23. The number of amides is 1. The lowest BCUT2D eigenvalue weighted by Gasteiger charge is -2.23. The fourth-order valence-corrected chi connectivity index (χ4v) is 4.26. The van der Waals surface area contributed by atoms with E-state index in [1.54, 1.807) is 29.2 Å². The number of nitrogens with zero attached hydrogens (tertiary/aromatic N) is 1. The highest BCUT2D eigenvalue weighted by molar-refractivity contribution is 7.89. The second kappa shape index (κ2) is 6.36. The van der Waals surface area contributed by atoms with Gasteiger partial charge in [-0.2, -0.15) is 0 Å². The molecule has 2 aliphatic rings. The van der Waals surface area contributed by atoms with E-state index in [1.807, 2.05) is 0 Å². The number of nitrogens with one attached hydrogen (secondary N) is 2. The molecule has 2 aliphatic heterocycles. The molecule has 2 heterocycles. The fourth-order valence-electron chi connectivity index (χ4n) is 2.95. The van der Waals surface area contributed by atoms with Crippen LogP contribution in [0.1, 0.15) is 25.7 Å². The minimum atomic E-state index is -3.49. The van der Waals surface area contributed by atoms with Gasteiger partial charge >= 0.3 is 0 Å². The Kier molecular flexibility index (Phi) is 4.46. The fraction of sp³-hybridized carbons (Fsp3) is 0.533. The van der Waals surface area contributed by atoms with Crippen molar-refractivity contribution in [2.45, 2.75) is 36.6 Å². The van der Waals surface area contributed by atoms with Gasteiger partial charge in [0.2, 0.25) is 15.9 Å². The summed E-state index contributed by atoms with van der Waals surface area (Å²) >= 11 is 0. The number of carbonyl (C=O) groups excluding carboxylic acids is 1. The largest absolute Gasteiger partial charge is 0.317 e. The molecule has 120 valence electrons. The third-order valence-corrected chi connectivity index (χ3v) is 5.73. The molecule has 0 aliphatic carbocycles. The minimum absolute atomic E-state index is 0.00825. The van der Waals surface area contributed by atoms with E-state index in [2.05, 4.69) is 10.0 Å². The number of rotatable bonds is 4. The van der Waals surface area contributed by atoms with Crippen LogP contribution in [0.3, 0.4) is 0 Å². The standard InChI is InChI=1S/C15H21N3O3S/c19-15-2-1-11-18(15)13-3-5-14(6-4-13)22(20,21)17-12-7-9-16-10-8-12/h3-6,12,16-17H,1-2,7-11H2. The lowest BCUT2D eigenvalue weighted by Crippen LogP contribution is -2.42. The van der Waals surface area contributed by atoms with Crippen LogP contribution in [0.25, 0.3) is 0 Å². The molecule has 0 atom stereocenters. The summed E-state index contributed by atoms with van der Waals surface area (Å²) in [5, 5.41) is 3.21. The molecule has 2 fully saturated rings. The van der Waals surface area contributed by atoms with Crippen LogP contribution < -0.4 is 14.9 Å². The monoisotopic (exact) mass is 323 g/mol. The minimum Gasteiger partial charge on any atom is -0.317 e. The van der Waals surface area contributed by atoms with Crippen LogP contribution in [0, 0.1) is 0 Å². The molecule has 3 rings (SSSR count). The van der Waals surface area contributed by atoms with Gasteiger partial charge in [-0.3, -0.25) is 4.79 Å². The van der Waals surface area contributed by atoms with E-state index in [9.17, 15) is 13.2 Å². The lowest BCUT2D eigenvalue weighted by molar-refractivity contribution is -0.117. The molecular weight excluding hydrogens is 302 g/mol. The Bertz CT molecular complexity index is 637. The zero-order valence-electron chi connectivity index (χ0n) is 12.4. The third-order valence-electron chi connectivity index (χ3n) is 4.19. The van der Waals surface area contributed by atoms with E-state index in [-0.39, 0.29) is 16.8 Å². The molecule has 1 aromatic rings. The van der Waals surface area contributed by atoms with Crippen LogP contribution in [0.4, 0.5) is 5.69 Å². The summed E-state index contributed by atoms with van der Waals surface area (Å²) in [5.74, 6) is 0.100. The van der Waals surface area contributed by atoms with Crippen LogP contribution in [0.5, 0.6) is 0 Å². The quantitative estimate of drug-likeness (QED) is 0.861. The third kappa shape index (κ3) is 3.31. The molecule has 2 saturated heterocycles. The number of benzene rings is 1. The van der Waals surface area contributed by atoms with Crippen molar-refractivity contribution >= 4 is 21.6 Å². The molecule has 0 saturated carbocycles. The molecule has 1 amide bonds. The van der Waals surface area contributed by atoms with E-state index in [1.165, 1.54) is 0 Å². The highest BCUT2D eigenvalue weighted by atomic mass is 32.2. The zero-order chi connectivity index (χ0) is 15.6. The Morgan fingerprint density at radius 3 is 2.41 bits per heavy atom. The lowest BCUT2D eigenvalue weighted by atomic mass is 10.1. The first-order valence-corrected chi connectivity index (χ1v) is 9.18. The predicted molar refractivity (Wildman–Crippen MR) is 84.2 cm³/mol. The van der Waals surface area contributed by atoms with Crippen molar-refractivity contribution in [3.05, 3.63) is 24.3 Å². The average molecular weight is 323 g/mol. The van der Waals surface area contributed by atoms with Crippen LogP contribution in [0.2, 0.25) is 0 Å². The van der Waals surface area contributed by atoms with Crippen molar-refractivity contribution in [2.75, 3.05) is 24.5 Å². The van der Waals surface area contributed by atoms with Crippen molar-refractivity contribution in [2.24, 2.45) is 0 Å². The molecule has 0 unspecified atom stereocenters. The smallest absolute Gasteiger partial charge is 0.240 e. The van der Waals surface area contributed by atoms with Gasteiger partial charge in [-0.25, -0.2) is 13.1 Å². The summed E-state index contributed by atoms with van der Waals surface area (Å²) in [5.41, 5.74) is 0.767. The first kappa shape index (κ1) is 15.5. The molecular formula is C15H21N3O3S. The van der Waals surface area contributed by atoms with Gasteiger partial charge in [0.1, 0.15) is 0 Å². The highest BCUT2D eigenvalue weighted by Gasteiger charge is 2.24. The Balaban J connectivity index is 1.72. The van der Waals surface area contributed by atoms with E-state index in [0.29, 0.717) is 13.0 Å². The summed E-state index contributed by atoms with van der Waals surface area (Å²) < 4.78 is 27.5. The number of sulfonamides is 1. The van der Waals surface area contributed by atoms with Crippen molar-refractivity contribution in [1.29, 1.82) is 0 Å². The molecule has 0 radical (unpaired) electrons. The van der Waals surface area contributed by atoms with Crippen LogP contribution in [-0.4, -0.2) is 40.0 Å². The van der Waals surface area contributed by atoms with Crippen molar-refractivity contribution in [1.82, 2.24) is 10.0 Å². The Morgan fingerprint density at radius 2 is 1.82 bits per heavy atom. The number of carbonyl (C=O) groups is 1. The zero-order valence-corrected chi connectivity index (χ0v) is 13.2. The van der Waals surface area contributed by atoms with E-state index in [0.717, 1.165) is 38.0 Å². The van der Waals surface area contributed by atoms with E-state index < -0.39 is 10.0 Å². The maximum atomic E-state index is 12.4. The molecule has 6 nitrogen and oxygen atoms in total. The first-order chi connectivity index (χ1) is 10.6. The molecule has 0 spiro atoms. The average Bonchev–Trinajstić information content (AvgIpc) is 2.94. The molecule has 0 bridgehead atoms. The van der Waals surface area contributed by atoms with Gasteiger partial charge in [-0.1, -0.05) is 0 Å². The Labute approximate surface area is 130 Å². The number of hydrogen-bond donors (Lipinski definition) is 2. The molecule has 1 aromatic carbocycles. The number of anilines is 1. The Hall–Kier alpha value is -1.44. The topological polar surface area (TPSA) is 78.5 Å². The summed E-state index contributed by atoms with van der Waals surface area (Å²) in [4.78, 5) is 13.7. The van der Waals surface area contributed by atoms with Gasteiger partial charge < -0.3 is 10.2 Å². The summed E-state index contributed by atoms with van der Waals surface area (Å²) in [6.45, 7) is 2.38. The number of hydrogen-bond acceptors (Lipinski definition) is 4. The molecule has 22 heavy (non-hydrogen) atoms. The van der Waals surface area contributed by atoms with E-state index in [4.69, 9.17) is 0 Å². The van der Waals surface area contributed by atoms with Crippen LogP contribution in [0.15, 0.2) is 29.2 Å². The second-order valence-corrected chi connectivity index (χ2v) is 7.50. The van der Waals surface area contributed by atoms with E-state index >= 15 is 0 Å². The van der Waals surface area contributed by atoms with Crippen molar-refractivity contribution in [3.8, 4) is 0 Å². The van der Waals surface area contributed by atoms with Gasteiger partial charge in [0, 0.05) is 24.7 Å². The van der Waals surface area contributed by atoms with Crippen LogP contribution in [-0.2, 0) is 14.8 Å². The summed E-state index contributed by atoms with van der Waals surface area (Å²) in [7, 11) is -3.49. The van der Waals surface area contributed by atoms with Crippen molar-refractivity contribution in [3.63, 3.8) is 0 Å². The first-order valence-electron chi connectivity index (χ1n) is 7.70. The Morgan fingerprint density at radius 1 is 1.14 bits per heavy atom. The van der Waals surface area contributed by atoms with Crippen molar-refractivity contribution < 1.29 is 13.2 Å². The maximum absolute atomic E-state index is 12.4. The number of piperidine rings is 1. The molecule has 2 N–H and O–H groups in total. The maximum Gasteiger partial charge on any atom is 0.240 e. The molecule has 7 heteroatoms. The summed E-state index contributed by atoms with van der Waals surface area (Å²) in [6, 6.07) is 6.56. The van der Waals surface area contributed by atoms with Gasteiger partial charge in [-0.05, 0) is 56.6 Å². The van der Waals surface area contributed by atoms with Crippen LogP contribution >= 0.6 is 0 Å². The van der Waals surface area contributed by atoms with Gasteiger partial charge in [0.25, 0.3) is 0 Å². The predicted octanol–water partition coefficient (Wildman–Crippen LogP) is 0.844. The second-order valence-electron chi connectivity index (χ2n) is 5.79. The van der Waals surface area contributed by atoms with Gasteiger partial charge in [0.15, 0.2) is 0 Å².